The molecule has 0 aromatic heterocycles. The monoisotopic (exact) mass is 300 g/mol. The maximum atomic E-state index is 11.4. The number of rotatable bonds is 2. The molecule has 3 rings (SSSR count). The van der Waals surface area contributed by atoms with Crippen LogP contribution in [0.3, 0.4) is 0 Å². The molecule has 0 saturated heterocycles. The standard InChI is InChI=1S/C17H17ClN2O/c1-10-8-12(2-5-14(10)18)17(19)13-3-6-15-11(9-13)4-7-16(21)20-15/h2-3,5-6,8-9,17H,4,7,19H2,1H3,(H,20,21). The number of benzene rings is 2. The summed E-state index contributed by atoms with van der Waals surface area (Å²) in [7, 11) is 0. The molecule has 0 fully saturated rings. The number of nitrogens with two attached hydrogens (primary N) is 1. The first-order chi connectivity index (χ1) is 10.0. The van der Waals surface area contributed by atoms with Crippen molar-refractivity contribution >= 4 is 23.2 Å². The van der Waals surface area contributed by atoms with Gasteiger partial charge in [0.1, 0.15) is 0 Å². The zero-order chi connectivity index (χ0) is 15.0. The smallest absolute Gasteiger partial charge is 0.224 e. The van der Waals surface area contributed by atoms with Crippen LogP contribution in [-0.2, 0) is 11.2 Å². The van der Waals surface area contributed by atoms with Gasteiger partial charge in [-0.2, -0.15) is 0 Å². The molecule has 2 aromatic carbocycles. The molecule has 3 nitrogen and oxygen atoms in total. The first kappa shape index (κ1) is 14.1. The zero-order valence-corrected chi connectivity index (χ0v) is 12.6. The lowest BCUT2D eigenvalue weighted by molar-refractivity contribution is -0.116. The Hall–Kier alpha value is -1.84. The fourth-order valence-electron chi connectivity index (χ4n) is 2.65. The van der Waals surface area contributed by atoms with E-state index in [1.807, 2.05) is 37.3 Å². The van der Waals surface area contributed by atoms with E-state index in [-0.39, 0.29) is 11.9 Å². The summed E-state index contributed by atoms with van der Waals surface area (Å²) >= 11 is 6.06. The third-order valence-electron chi connectivity index (χ3n) is 3.93. The number of amides is 1. The number of fused-ring (bicyclic) bond motifs is 1. The number of aryl methyl sites for hydroxylation is 2. The third-order valence-corrected chi connectivity index (χ3v) is 4.35. The van der Waals surface area contributed by atoms with Crippen LogP contribution in [0, 0.1) is 6.92 Å². The molecule has 108 valence electrons. The predicted octanol–water partition coefficient (Wildman–Crippen LogP) is 3.58. The van der Waals surface area contributed by atoms with E-state index in [1.165, 1.54) is 0 Å². The molecule has 1 atom stereocenters. The van der Waals surface area contributed by atoms with Gasteiger partial charge in [0.05, 0.1) is 6.04 Å². The van der Waals surface area contributed by atoms with Crippen molar-refractivity contribution in [1.29, 1.82) is 0 Å². The second-order valence-electron chi connectivity index (χ2n) is 5.45. The minimum Gasteiger partial charge on any atom is -0.326 e. The van der Waals surface area contributed by atoms with Crippen molar-refractivity contribution in [2.24, 2.45) is 5.73 Å². The van der Waals surface area contributed by atoms with Gasteiger partial charge in [0.15, 0.2) is 0 Å². The summed E-state index contributed by atoms with van der Waals surface area (Å²) in [6.45, 7) is 1.97. The van der Waals surface area contributed by atoms with E-state index in [1.54, 1.807) is 0 Å². The van der Waals surface area contributed by atoms with Crippen LogP contribution in [0.1, 0.15) is 34.7 Å². The summed E-state index contributed by atoms with van der Waals surface area (Å²) in [4.78, 5) is 11.4. The highest BCUT2D eigenvalue weighted by atomic mass is 35.5. The zero-order valence-electron chi connectivity index (χ0n) is 11.8. The molecule has 0 spiro atoms. The molecule has 1 aliphatic rings. The highest BCUT2D eigenvalue weighted by Gasteiger charge is 2.17. The predicted molar refractivity (Wildman–Crippen MR) is 85.6 cm³/mol. The molecule has 1 aliphatic heterocycles. The van der Waals surface area contributed by atoms with Gasteiger partial charge in [-0.05, 0) is 47.7 Å². The summed E-state index contributed by atoms with van der Waals surface area (Å²) in [5, 5.41) is 3.63. The highest BCUT2D eigenvalue weighted by molar-refractivity contribution is 6.31. The number of hydrogen-bond acceptors (Lipinski definition) is 2. The van der Waals surface area contributed by atoms with Crippen molar-refractivity contribution in [3.63, 3.8) is 0 Å². The highest BCUT2D eigenvalue weighted by Crippen LogP contribution is 2.29. The first-order valence-electron chi connectivity index (χ1n) is 6.99. The van der Waals surface area contributed by atoms with Gasteiger partial charge in [0, 0.05) is 17.1 Å². The van der Waals surface area contributed by atoms with E-state index in [4.69, 9.17) is 17.3 Å². The lowest BCUT2D eigenvalue weighted by atomic mass is 9.93. The minimum absolute atomic E-state index is 0.0767. The fraction of sp³-hybridized carbons (Fsp3) is 0.235. The molecule has 3 N–H and O–H groups in total. The van der Waals surface area contributed by atoms with Crippen molar-refractivity contribution < 1.29 is 4.79 Å². The number of nitrogens with one attached hydrogen (secondary N) is 1. The summed E-state index contributed by atoms with van der Waals surface area (Å²) in [5.74, 6) is 0.0767. The Bertz CT molecular complexity index is 712. The SMILES string of the molecule is Cc1cc(C(N)c2ccc3c(c2)CCC(=O)N3)ccc1Cl. The van der Waals surface area contributed by atoms with E-state index in [0.29, 0.717) is 6.42 Å². The maximum absolute atomic E-state index is 11.4. The Balaban J connectivity index is 1.93. The number of anilines is 1. The second-order valence-corrected chi connectivity index (χ2v) is 5.86. The summed E-state index contributed by atoms with van der Waals surface area (Å²) in [6, 6.07) is 11.7. The average molecular weight is 301 g/mol. The molecule has 0 bridgehead atoms. The molecule has 1 amide bonds. The molecule has 4 heteroatoms. The first-order valence-corrected chi connectivity index (χ1v) is 7.36. The van der Waals surface area contributed by atoms with Gasteiger partial charge in [0.25, 0.3) is 0 Å². The van der Waals surface area contributed by atoms with Crippen LogP contribution in [-0.4, -0.2) is 5.91 Å². The Morgan fingerprint density at radius 1 is 1.14 bits per heavy atom. The molecule has 0 aliphatic carbocycles. The van der Waals surface area contributed by atoms with Crippen LogP contribution in [0.25, 0.3) is 0 Å². The Morgan fingerprint density at radius 3 is 2.62 bits per heavy atom. The lowest BCUT2D eigenvalue weighted by Gasteiger charge is -2.20. The van der Waals surface area contributed by atoms with Crippen molar-refractivity contribution in [3.8, 4) is 0 Å². The number of halogens is 1. The van der Waals surface area contributed by atoms with Gasteiger partial charge in [-0.25, -0.2) is 0 Å². The number of hydrogen-bond donors (Lipinski definition) is 2. The van der Waals surface area contributed by atoms with Gasteiger partial charge in [-0.1, -0.05) is 35.9 Å². The summed E-state index contributed by atoms with van der Waals surface area (Å²) < 4.78 is 0. The largest absolute Gasteiger partial charge is 0.326 e. The molecule has 2 aromatic rings. The van der Waals surface area contributed by atoms with E-state index >= 15 is 0 Å². The second kappa shape index (κ2) is 5.51. The van der Waals surface area contributed by atoms with E-state index in [0.717, 1.165) is 39.4 Å². The molecular formula is C17H17ClN2O. The van der Waals surface area contributed by atoms with E-state index in [2.05, 4.69) is 11.4 Å². The Kier molecular flexibility index (Phi) is 3.70. The molecular weight excluding hydrogens is 284 g/mol. The van der Waals surface area contributed by atoms with Crippen LogP contribution in [0.15, 0.2) is 36.4 Å². The quantitative estimate of drug-likeness (QED) is 0.890. The normalized spacial score (nSPS) is 15.3. The Labute approximate surface area is 129 Å². The third kappa shape index (κ3) is 2.80. The summed E-state index contributed by atoms with van der Waals surface area (Å²) in [5.41, 5.74) is 11.5. The maximum Gasteiger partial charge on any atom is 0.224 e. The van der Waals surface area contributed by atoms with Crippen molar-refractivity contribution in [3.05, 3.63) is 63.7 Å². The molecule has 21 heavy (non-hydrogen) atoms. The molecule has 0 radical (unpaired) electrons. The van der Waals surface area contributed by atoms with E-state index in [9.17, 15) is 4.79 Å². The topological polar surface area (TPSA) is 55.1 Å². The van der Waals surface area contributed by atoms with Crippen molar-refractivity contribution in [1.82, 2.24) is 0 Å². The van der Waals surface area contributed by atoms with Crippen LogP contribution in [0.4, 0.5) is 5.69 Å². The van der Waals surface area contributed by atoms with Crippen molar-refractivity contribution in [2.75, 3.05) is 5.32 Å². The van der Waals surface area contributed by atoms with Crippen LogP contribution in [0.5, 0.6) is 0 Å². The molecule has 1 unspecified atom stereocenters. The van der Waals surface area contributed by atoms with Crippen LogP contribution >= 0.6 is 11.6 Å². The molecule has 0 saturated carbocycles. The van der Waals surface area contributed by atoms with Gasteiger partial charge in [0.2, 0.25) is 5.91 Å². The number of carbonyl (C=O) groups excluding carboxylic acids is 1. The lowest BCUT2D eigenvalue weighted by Crippen LogP contribution is -2.20. The average Bonchev–Trinajstić information content (AvgIpc) is 2.49. The molecule has 1 heterocycles. The van der Waals surface area contributed by atoms with Crippen LogP contribution in [0.2, 0.25) is 5.02 Å². The van der Waals surface area contributed by atoms with Gasteiger partial charge in [-0.15, -0.1) is 0 Å². The van der Waals surface area contributed by atoms with Gasteiger partial charge >= 0.3 is 0 Å². The van der Waals surface area contributed by atoms with Gasteiger partial charge < -0.3 is 11.1 Å². The minimum atomic E-state index is -0.191. The summed E-state index contributed by atoms with van der Waals surface area (Å²) in [6.07, 6.45) is 1.30. The number of carbonyl (C=O) groups is 1. The van der Waals surface area contributed by atoms with E-state index < -0.39 is 0 Å². The van der Waals surface area contributed by atoms with Gasteiger partial charge in [-0.3, -0.25) is 4.79 Å². The van der Waals surface area contributed by atoms with Crippen molar-refractivity contribution in [2.45, 2.75) is 25.8 Å². The van der Waals surface area contributed by atoms with Crippen LogP contribution < -0.4 is 11.1 Å². The fourth-order valence-corrected chi connectivity index (χ4v) is 2.77. The Morgan fingerprint density at radius 2 is 1.86 bits per heavy atom.